The molecular formula is C28H24N4O2. The predicted octanol–water partition coefficient (Wildman–Crippen LogP) is 6.21. The molecule has 0 amide bonds. The SMILES string of the molecule is COc1cc(C=Cc2cc(C=Cc3ccc4cc[nH]c4c3)n[nH]2)ccc1OCc1ccccn1. The molecule has 0 aliphatic heterocycles. The first-order valence-electron chi connectivity index (χ1n) is 11.0. The van der Waals surface area contributed by atoms with Crippen LogP contribution in [0.15, 0.2) is 79.1 Å². The Hall–Kier alpha value is -4.58. The Morgan fingerprint density at radius 3 is 2.62 bits per heavy atom. The van der Waals surface area contributed by atoms with E-state index >= 15 is 0 Å². The van der Waals surface area contributed by atoms with Crippen molar-refractivity contribution in [1.82, 2.24) is 20.2 Å². The van der Waals surface area contributed by atoms with E-state index in [0.29, 0.717) is 18.1 Å². The number of aromatic nitrogens is 4. The number of H-pyrrole nitrogens is 2. The van der Waals surface area contributed by atoms with Crippen molar-refractivity contribution >= 4 is 35.2 Å². The highest BCUT2D eigenvalue weighted by Crippen LogP contribution is 2.29. The van der Waals surface area contributed by atoms with Gasteiger partial charge in [-0.05, 0) is 71.1 Å². The van der Waals surface area contributed by atoms with Crippen LogP contribution in [0.4, 0.5) is 0 Å². The fraction of sp³-hybridized carbons (Fsp3) is 0.0714. The third kappa shape index (κ3) is 5.07. The molecule has 2 aromatic carbocycles. The van der Waals surface area contributed by atoms with E-state index in [4.69, 9.17) is 9.47 Å². The van der Waals surface area contributed by atoms with Gasteiger partial charge in [0.25, 0.3) is 0 Å². The van der Waals surface area contributed by atoms with Crippen LogP contribution in [-0.2, 0) is 6.61 Å². The van der Waals surface area contributed by atoms with Crippen molar-refractivity contribution in [2.45, 2.75) is 6.61 Å². The lowest BCUT2D eigenvalue weighted by Gasteiger charge is -2.11. The molecule has 0 atom stereocenters. The summed E-state index contributed by atoms with van der Waals surface area (Å²) in [5.41, 5.74) is 5.87. The van der Waals surface area contributed by atoms with Crippen LogP contribution in [0.2, 0.25) is 0 Å². The van der Waals surface area contributed by atoms with Crippen molar-refractivity contribution in [3.05, 3.63) is 107 Å². The molecule has 0 aliphatic rings. The maximum Gasteiger partial charge on any atom is 0.161 e. The van der Waals surface area contributed by atoms with Crippen LogP contribution in [-0.4, -0.2) is 27.3 Å². The van der Waals surface area contributed by atoms with Crippen LogP contribution < -0.4 is 9.47 Å². The lowest BCUT2D eigenvalue weighted by atomic mass is 10.1. The summed E-state index contributed by atoms with van der Waals surface area (Å²) < 4.78 is 11.4. The van der Waals surface area contributed by atoms with Crippen LogP contribution in [0, 0.1) is 0 Å². The third-order valence-corrected chi connectivity index (χ3v) is 5.39. The van der Waals surface area contributed by atoms with E-state index in [0.717, 1.165) is 33.7 Å². The molecule has 0 bridgehead atoms. The topological polar surface area (TPSA) is 75.8 Å². The van der Waals surface area contributed by atoms with E-state index in [9.17, 15) is 0 Å². The summed E-state index contributed by atoms with van der Waals surface area (Å²) >= 11 is 0. The Morgan fingerprint density at radius 2 is 1.74 bits per heavy atom. The van der Waals surface area contributed by atoms with Gasteiger partial charge in [-0.15, -0.1) is 0 Å². The molecule has 6 heteroatoms. The molecule has 0 unspecified atom stereocenters. The average Bonchev–Trinajstić information content (AvgIpc) is 3.55. The molecule has 0 aliphatic carbocycles. The summed E-state index contributed by atoms with van der Waals surface area (Å²) in [4.78, 5) is 7.52. The Morgan fingerprint density at radius 1 is 0.853 bits per heavy atom. The van der Waals surface area contributed by atoms with E-state index < -0.39 is 0 Å². The van der Waals surface area contributed by atoms with Crippen molar-refractivity contribution < 1.29 is 9.47 Å². The zero-order chi connectivity index (χ0) is 23.2. The standard InChI is InChI=1S/C28H24N4O2/c1-33-28-17-21(8-12-27(28)34-19-25-4-2-3-14-29-25)7-11-24-18-23(31-32-24)10-6-20-5-9-22-13-15-30-26(22)16-20/h2-18,30H,19H2,1H3,(H,31,32). The fourth-order valence-electron chi connectivity index (χ4n) is 3.60. The monoisotopic (exact) mass is 448 g/mol. The van der Waals surface area contributed by atoms with Crippen LogP contribution >= 0.6 is 0 Å². The van der Waals surface area contributed by atoms with Gasteiger partial charge in [0.1, 0.15) is 6.61 Å². The predicted molar refractivity (Wildman–Crippen MR) is 136 cm³/mol. The Kier molecular flexibility index (Phi) is 6.21. The molecule has 0 fully saturated rings. The van der Waals surface area contributed by atoms with E-state index in [2.05, 4.69) is 50.5 Å². The summed E-state index contributed by atoms with van der Waals surface area (Å²) in [6, 6.07) is 22.0. The number of nitrogens with one attached hydrogen (secondary N) is 2. The van der Waals surface area contributed by atoms with Gasteiger partial charge in [-0.25, -0.2) is 0 Å². The first-order valence-corrected chi connectivity index (χ1v) is 11.0. The number of benzene rings is 2. The highest BCUT2D eigenvalue weighted by Gasteiger charge is 2.06. The van der Waals surface area contributed by atoms with Gasteiger partial charge in [-0.2, -0.15) is 5.10 Å². The summed E-state index contributed by atoms with van der Waals surface area (Å²) in [6.45, 7) is 0.385. The smallest absolute Gasteiger partial charge is 0.161 e. The second kappa shape index (κ2) is 9.92. The van der Waals surface area contributed by atoms with Gasteiger partial charge in [0, 0.05) is 17.9 Å². The average molecular weight is 449 g/mol. The summed E-state index contributed by atoms with van der Waals surface area (Å²) in [5, 5.41) is 8.64. The summed E-state index contributed by atoms with van der Waals surface area (Å²) in [7, 11) is 1.64. The summed E-state index contributed by atoms with van der Waals surface area (Å²) in [6.07, 6.45) is 11.7. The van der Waals surface area contributed by atoms with Gasteiger partial charge in [0.2, 0.25) is 0 Å². The molecular weight excluding hydrogens is 424 g/mol. The van der Waals surface area contributed by atoms with E-state index in [1.165, 1.54) is 5.39 Å². The molecule has 3 aromatic heterocycles. The van der Waals surface area contributed by atoms with Crippen molar-refractivity contribution in [3.8, 4) is 11.5 Å². The van der Waals surface area contributed by atoms with E-state index in [1.54, 1.807) is 13.3 Å². The minimum absolute atomic E-state index is 0.385. The molecule has 0 saturated heterocycles. The summed E-state index contributed by atoms with van der Waals surface area (Å²) in [5.74, 6) is 1.35. The Labute approximate surface area is 197 Å². The van der Waals surface area contributed by atoms with Gasteiger partial charge in [0.15, 0.2) is 11.5 Å². The van der Waals surface area contributed by atoms with Crippen LogP contribution in [0.5, 0.6) is 11.5 Å². The number of fused-ring (bicyclic) bond motifs is 1. The number of hydrogen-bond donors (Lipinski definition) is 2. The minimum Gasteiger partial charge on any atom is -0.493 e. The maximum atomic E-state index is 5.88. The molecule has 0 radical (unpaired) electrons. The van der Waals surface area contributed by atoms with Crippen molar-refractivity contribution in [1.29, 1.82) is 0 Å². The van der Waals surface area contributed by atoms with Gasteiger partial charge < -0.3 is 14.5 Å². The van der Waals surface area contributed by atoms with E-state index in [-0.39, 0.29) is 0 Å². The quantitative estimate of drug-likeness (QED) is 0.296. The molecule has 0 saturated carbocycles. The van der Waals surface area contributed by atoms with Crippen molar-refractivity contribution in [2.24, 2.45) is 0 Å². The number of hydrogen-bond acceptors (Lipinski definition) is 4. The van der Waals surface area contributed by atoms with Gasteiger partial charge in [-0.1, -0.05) is 36.4 Å². The Bertz CT molecular complexity index is 1450. The lowest BCUT2D eigenvalue weighted by Crippen LogP contribution is -1.99. The van der Waals surface area contributed by atoms with Crippen LogP contribution in [0.3, 0.4) is 0 Å². The van der Waals surface area contributed by atoms with E-state index in [1.807, 2.05) is 66.9 Å². The number of nitrogens with zero attached hydrogens (tertiary/aromatic N) is 2. The molecule has 6 nitrogen and oxygen atoms in total. The highest BCUT2D eigenvalue weighted by atomic mass is 16.5. The fourth-order valence-corrected chi connectivity index (χ4v) is 3.60. The lowest BCUT2D eigenvalue weighted by molar-refractivity contribution is 0.280. The molecule has 2 N–H and O–H groups in total. The van der Waals surface area contributed by atoms with Gasteiger partial charge in [-0.3, -0.25) is 10.1 Å². The first kappa shape index (κ1) is 21.3. The molecule has 168 valence electrons. The minimum atomic E-state index is 0.385. The second-order valence-electron chi connectivity index (χ2n) is 7.76. The number of methoxy groups -OCH3 is 1. The molecule has 5 aromatic rings. The third-order valence-electron chi connectivity index (χ3n) is 5.39. The van der Waals surface area contributed by atoms with Gasteiger partial charge in [0.05, 0.1) is 24.2 Å². The van der Waals surface area contributed by atoms with Crippen molar-refractivity contribution in [3.63, 3.8) is 0 Å². The van der Waals surface area contributed by atoms with Gasteiger partial charge >= 0.3 is 0 Å². The number of ether oxygens (including phenoxy) is 2. The van der Waals surface area contributed by atoms with Crippen LogP contribution in [0.25, 0.3) is 35.2 Å². The number of rotatable bonds is 8. The largest absolute Gasteiger partial charge is 0.493 e. The number of aromatic amines is 2. The molecule has 5 rings (SSSR count). The normalized spacial score (nSPS) is 11.6. The molecule has 3 heterocycles. The second-order valence-corrected chi connectivity index (χ2v) is 7.76. The van der Waals surface area contributed by atoms with Crippen molar-refractivity contribution in [2.75, 3.05) is 7.11 Å². The Balaban J connectivity index is 1.24. The zero-order valence-corrected chi connectivity index (χ0v) is 18.7. The molecule has 34 heavy (non-hydrogen) atoms. The zero-order valence-electron chi connectivity index (χ0n) is 18.7. The maximum absolute atomic E-state index is 5.88. The number of pyridine rings is 1. The highest BCUT2D eigenvalue weighted by molar-refractivity contribution is 5.83. The first-order chi connectivity index (χ1) is 16.8. The molecule has 0 spiro atoms. The van der Waals surface area contributed by atoms with Crippen LogP contribution in [0.1, 0.15) is 28.2 Å².